The Morgan fingerprint density at radius 2 is 2.18 bits per heavy atom. The number of carbonyl (C=O) groups excluding carboxylic acids is 1. The van der Waals surface area contributed by atoms with Crippen molar-refractivity contribution in [1.29, 1.82) is 0 Å². The number of rotatable bonds is 6. The summed E-state index contributed by atoms with van der Waals surface area (Å²) in [6.07, 6.45) is -3.79. The minimum Gasteiger partial charge on any atom is -0.367 e. The zero-order valence-electron chi connectivity index (χ0n) is 8.88. The highest BCUT2D eigenvalue weighted by molar-refractivity contribution is 7.10. The van der Waals surface area contributed by atoms with Gasteiger partial charge in [-0.2, -0.15) is 8.78 Å². The maximum Gasteiger partial charge on any atom is 0.330 e. The third kappa shape index (κ3) is 3.78. The van der Waals surface area contributed by atoms with E-state index in [2.05, 4.69) is 4.74 Å². The van der Waals surface area contributed by atoms with Crippen LogP contribution in [0.15, 0.2) is 11.4 Å². The second-order valence-corrected chi connectivity index (χ2v) is 4.49. The molecule has 96 valence electrons. The van der Waals surface area contributed by atoms with Crippen molar-refractivity contribution < 1.29 is 27.1 Å². The molecule has 1 heterocycles. The molecule has 0 saturated heterocycles. The lowest BCUT2D eigenvalue weighted by atomic mass is 10.2. The molecule has 0 atom stereocenters. The standard InChI is InChI=1S/C10H10F4O2S/c1-6-7(2-3-17-6)8(15)4-16-5-10(13,14)9(11)12/h2-3,9H,4-5H2,1H3. The van der Waals surface area contributed by atoms with Gasteiger partial charge in [-0.3, -0.25) is 4.79 Å². The summed E-state index contributed by atoms with van der Waals surface area (Å²) in [6.45, 7) is -0.384. The van der Waals surface area contributed by atoms with Crippen LogP contribution in [0.2, 0.25) is 0 Å². The summed E-state index contributed by atoms with van der Waals surface area (Å²) in [7, 11) is 0. The molecule has 0 saturated carbocycles. The van der Waals surface area contributed by atoms with Gasteiger partial charge in [0.25, 0.3) is 0 Å². The lowest BCUT2D eigenvalue weighted by molar-refractivity contribution is -0.163. The van der Waals surface area contributed by atoms with Gasteiger partial charge in [0, 0.05) is 10.4 Å². The summed E-state index contributed by atoms with van der Waals surface area (Å²) in [5.41, 5.74) is 0.371. The number of ketones is 1. The normalized spacial score (nSPS) is 12.1. The number of halogens is 4. The highest BCUT2D eigenvalue weighted by Gasteiger charge is 2.41. The summed E-state index contributed by atoms with van der Waals surface area (Å²) < 4.78 is 52.7. The molecule has 0 unspecified atom stereocenters. The average molecular weight is 270 g/mol. The molecule has 0 aliphatic carbocycles. The molecule has 1 aromatic rings. The lowest BCUT2D eigenvalue weighted by Crippen LogP contribution is -2.33. The van der Waals surface area contributed by atoms with Crippen LogP contribution in [0.5, 0.6) is 0 Å². The Kier molecular flexibility index (Phi) is 4.64. The molecule has 2 nitrogen and oxygen atoms in total. The Balaban J connectivity index is 2.43. The van der Waals surface area contributed by atoms with Crippen molar-refractivity contribution in [3.05, 3.63) is 21.9 Å². The van der Waals surface area contributed by atoms with Gasteiger partial charge < -0.3 is 4.74 Å². The Hall–Kier alpha value is -0.950. The Morgan fingerprint density at radius 3 is 2.65 bits per heavy atom. The third-order valence-corrected chi connectivity index (χ3v) is 2.85. The molecule has 0 fully saturated rings. The Bertz CT molecular complexity index is 389. The van der Waals surface area contributed by atoms with Crippen LogP contribution in [0.4, 0.5) is 17.6 Å². The van der Waals surface area contributed by atoms with Crippen LogP contribution in [0.3, 0.4) is 0 Å². The molecule has 0 amide bonds. The van der Waals surface area contributed by atoms with E-state index in [4.69, 9.17) is 0 Å². The van der Waals surface area contributed by atoms with Gasteiger partial charge in [-0.15, -0.1) is 11.3 Å². The molecule has 0 radical (unpaired) electrons. The Morgan fingerprint density at radius 1 is 1.53 bits per heavy atom. The number of hydrogen-bond donors (Lipinski definition) is 0. The molecule has 1 rings (SSSR count). The van der Waals surface area contributed by atoms with E-state index >= 15 is 0 Å². The second-order valence-electron chi connectivity index (χ2n) is 3.37. The van der Waals surface area contributed by atoms with E-state index in [-0.39, 0.29) is 0 Å². The van der Waals surface area contributed by atoms with Crippen molar-refractivity contribution >= 4 is 17.1 Å². The maximum absolute atomic E-state index is 12.4. The van der Waals surface area contributed by atoms with Crippen LogP contribution in [-0.2, 0) is 4.74 Å². The number of alkyl halides is 4. The number of aryl methyl sites for hydroxylation is 1. The Labute approximate surface area is 99.2 Å². The van der Waals surface area contributed by atoms with Gasteiger partial charge >= 0.3 is 12.3 Å². The van der Waals surface area contributed by atoms with E-state index < -0.39 is 31.3 Å². The van der Waals surface area contributed by atoms with E-state index in [1.807, 2.05) is 0 Å². The van der Waals surface area contributed by atoms with E-state index in [0.29, 0.717) is 5.56 Å². The van der Waals surface area contributed by atoms with Gasteiger partial charge in [0.05, 0.1) is 0 Å². The molecule has 1 aromatic heterocycles. The first-order valence-electron chi connectivity index (χ1n) is 4.65. The topological polar surface area (TPSA) is 26.3 Å². The van der Waals surface area contributed by atoms with Crippen molar-refractivity contribution in [1.82, 2.24) is 0 Å². The molecular weight excluding hydrogens is 260 g/mol. The molecule has 17 heavy (non-hydrogen) atoms. The molecule has 0 bridgehead atoms. The van der Waals surface area contributed by atoms with Crippen LogP contribution in [0.1, 0.15) is 15.2 Å². The SMILES string of the molecule is Cc1sccc1C(=O)COCC(F)(F)C(F)F. The first-order valence-corrected chi connectivity index (χ1v) is 5.53. The van der Waals surface area contributed by atoms with Gasteiger partial charge in [-0.05, 0) is 18.4 Å². The predicted octanol–water partition coefficient (Wildman–Crippen LogP) is 3.16. The van der Waals surface area contributed by atoms with E-state index in [9.17, 15) is 22.4 Å². The molecule has 7 heteroatoms. The average Bonchev–Trinajstić information content (AvgIpc) is 2.63. The molecule has 0 spiro atoms. The number of Topliss-reactive ketones (excluding diaryl/α,β-unsaturated/α-hetero) is 1. The van der Waals surface area contributed by atoms with Gasteiger partial charge in [0.1, 0.15) is 13.2 Å². The van der Waals surface area contributed by atoms with Crippen LogP contribution < -0.4 is 0 Å². The van der Waals surface area contributed by atoms with E-state index in [0.717, 1.165) is 4.88 Å². The molecule has 0 aliphatic heterocycles. The first kappa shape index (κ1) is 14.1. The van der Waals surface area contributed by atoms with Crippen molar-refractivity contribution in [2.75, 3.05) is 13.2 Å². The minimum atomic E-state index is -4.22. The zero-order valence-corrected chi connectivity index (χ0v) is 9.70. The molecule has 0 aliphatic rings. The predicted molar refractivity (Wildman–Crippen MR) is 55.2 cm³/mol. The summed E-state index contributed by atoms with van der Waals surface area (Å²) in [6, 6.07) is 1.54. The molecule has 0 aromatic carbocycles. The number of carbonyl (C=O) groups is 1. The van der Waals surface area contributed by atoms with Crippen LogP contribution in [0.25, 0.3) is 0 Å². The van der Waals surface area contributed by atoms with E-state index in [1.165, 1.54) is 17.4 Å². The number of ether oxygens (including phenoxy) is 1. The fourth-order valence-corrected chi connectivity index (χ4v) is 1.81. The minimum absolute atomic E-state index is 0.371. The highest BCUT2D eigenvalue weighted by Crippen LogP contribution is 2.23. The first-order chi connectivity index (χ1) is 7.84. The number of hydrogen-bond acceptors (Lipinski definition) is 3. The summed E-state index contributed by atoms with van der Waals surface area (Å²) in [5, 5.41) is 1.68. The van der Waals surface area contributed by atoms with Crippen LogP contribution in [0, 0.1) is 6.92 Å². The summed E-state index contributed by atoms with van der Waals surface area (Å²) >= 11 is 1.33. The molecule has 0 N–H and O–H groups in total. The quantitative estimate of drug-likeness (QED) is 0.586. The van der Waals surface area contributed by atoms with Crippen molar-refractivity contribution in [3.8, 4) is 0 Å². The largest absolute Gasteiger partial charge is 0.367 e. The summed E-state index contributed by atoms with van der Waals surface area (Å²) in [4.78, 5) is 12.2. The lowest BCUT2D eigenvalue weighted by Gasteiger charge is -2.14. The van der Waals surface area contributed by atoms with Gasteiger partial charge in [-0.1, -0.05) is 0 Å². The highest BCUT2D eigenvalue weighted by atomic mass is 32.1. The molecular formula is C10H10F4O2S. The second kappa shape index (κ2) is 5.59. The van der Waals surface area contributed by atoms with Crippen LogP contribution in [-0.4, -0.2) is 31.3 Å². The van der Waals surface area contributed by atoms with E-state index in [1.54, 1.807) is 12.3 Å². The van der Waals surface area contributed by atoms with Crippen molar-refractivity contribution in [2.45, 2.75) is 19.3 Å². The van der Waals surface area contributed by atoms with Crippen LogP contribution >= 0.6 is 11.3 Å². The zero-order chi connectivity index (χ0) is 13.1. The fraction of sp³-hybridized carbons (Fsp3) is 0.500. The monoisotopic (exact) mass is 270 g/mol. The van der Waals surface area contributed by atoms with Gasteiger partial charge in [0.2, 0.25) is 0 Å². The van der Waals surface area contributed by atoms with Gasteiger partial charge in [-0.25, -0.2) is 8.78 Å². The smallest absolute Gasteiger partial charge is 0.330 e. The van der Waals surface area contributed by atoms with Gasteiger partial charge in [0.15, 0.2) is 5.78 Å². The number of thiophene rings is 1. The third-order valence-electron chi connectivity index (χ3n) is 2.01. The fourth-order valence-electron chi connectivity index (χ4n) is 1.09. The maximum atomic E-state index is 12.4. The summed E-state index contributed by atoms with van der Waals surface area (Å²) in [5.74, 6) is -4.71. The van der Waals surface area contributed by atoms with Crippen molar-refractivity contribution in [2.24, 2.45) is 0 Å². The van der Waals surface area contributed by atoms with Crippen molar-refractivity contribution in [3.63, 3.8) is 0 Å².